The number of hydrogen-bond acceptors (Lipinski definition) is 5. The second-order valence-corrected chi connectivity index (χ2v) is 9.61. The van der Waals surface area contributed by atoms with Crippen LogP contribution in [0.5, 0.6) is 0 Å². The van der Waals surface area contributed by atoms with E-state index in [9.17, 15) is 14.7 Å². The van der Waals surface area contributed by atoms with Crippen LogP contribution >= 0.6 is 0 Å². The second kappa shape index (κ2) is 14.2. The molecule has 6 nitrogen and oxygen atoms in total. The van der Waals surface area contributed by atoms with Gasteiger partial charge in [0.15, 0.2) is 0 Å². The van der Waals surface area contributed by atoms with E-state index in [2.05, 4.69) is 20.8 Å². The van der Waals surface area contributed by atoms with E-state index in [0.717, 1.165) is 51.4 Å². The fourth-order valence-electron chi connectivity index (χ4n) is 4.68. The number of aliphatic carboxylic acids is 1. The first-order valence-corrected chi connectivity index (χ1v) is 11.9. The molecule has 30 heavy (non-hydrogen) atoms. The van der Waals surface area contributed by atoms with Crippen molar-refractivity contribution in [1.29, 1.82) is 0 Å². The third-order valence-corrected chi connectivity index (χ3v) is 6.74. The summed E-state index contributed by atoms with van der Waals surface area (Å²) in [5, 5.41) is 28.6. The van der Waals surface area contributed by atoms with Crippen LogP contribution in [-0.4, -0.2) is 52.5 Å². The topological polar surface area (TPSA) is 104 Å². The van der Waals surface area contributed by atoms with E-state index in [1.54, 1.807) is 0 Å². The van der Waals surface area contributed by atoms with Gasteiger partial charge in [-0.15, -0.1) is 0 Å². The molecular weight excluding hydrogens is 384 g/mol. The molecule has 0 aromatic rings. The van der Waals surface area contributed by atoms with Gasteiger partial charge in [-0.25, -0.2) is 0 Å². The molecule has 1 unspecified atom stereocenters. The number of Topliss-reactive ketones (excluding diaryl/α,β-unsaturated/α-hetero) is 1. The lowest BCUT2D eigenvalue weighted by molar-refractivity contribution is -0.137. The number of aliphatic hydroxyl groups is 2. The van der Waals surface area contributed by atoms with Gasteiger partial charge in [-0.1, -0.05) is 52.9 Å². The van der Waals surface area contributed by atoms with Crippen LogP contribution in [0.15, 0.2) is 0 Å². The highest BCUT2D eigenvalue weighted by Crippen LogP contribution is 2.40. The molecule has 6 heteroatoms. The Bertz CT molecular complexity index is 504. The van der Waals surface area contributed by atoms with Crippen molar-refractivity contribution in [1.82, 2.24) is 0 Å². The number of hydrogen-bond donors (Lipinski definition) is 3. The summed E-state index contributed by atoms with van der Waals surface area (Å²) in [5.74, 6) is -0.502. The summed E-state index contributed by atoms with van der Waals surface area (Å²) in [4.78, 5) is 23.3. The lowest BCUT2D eigenvalue weighted by Gasteiger charge is -2.32. The largest absolute Gasteiger partial charge is 0.481 e. The van der Waals surface area contributed by atoms with Crippen LogP contribution in [0.4, 0.5) is 0 Å². The van der Waals surface area contributed by atoms with E-state index in [1.165, 1.54) is 0 Å². The van der Waals surface area contributed by atoms with Gasteiger partial charge in [0.25, 0.3) is 0 Å². The predicted octanol–water partition coefficient (Wildman–Crippen LogP) is 4.35. The Morgan fingerprint density at radius 2 is 1.87 bits per heavy atom. The van der Waals surface area contributed by atoms with Crippen molar-refractivity contribution < 1.29 is 29.6 Å². The maximum atomic E-state index is 12.7. The Kier molecular flexibility index (Phi) is 12.8. The number of unbranched alkanes of at least 4 members (excludes halogenated alkanes) is 4. The van der Waals surface area contributed by atoms with E-state index >= 15 is 0 Å². The van der Waals surface area contributed by atoms with Gasteiger partial charge in [0, 0.05) is 18.8 Å². The Morgan fingerprint density at radius 3 is 2.50 bits per heavy atom. The van der Waals surface area contributed by atoms with Crippen LogP contribution in [0.2, 0.25) is 0 Å². The van der Waals surface area contributed by atoms with Gasteiger partial charge in [-0.3, -0.25) is 9.59 Å². The first kappa shape index (κ1) is 27.1. The average Bonchev–Trinajstić information content (AvgIpc) is 2.99. The minimum atomic E-state index is -0.759. The van der Waals surface area contributed by atoms with E-state index in [-0.39, 0.29) is 48.8 Å². The Hall–Kier alpha value is -0.980. The number of carbonyl (C=O) groups is 2. The second-order valence-electron chi connectivity index (χ2n) is 9.61. The van der Waals surface area contributed by atoms with E-state index in [1.807, 2.05) is 0 Å². The summed E-state index contributed by atoms with van der Waals surface area (Å²) in [5.41, 5.74) is -0.139. The number of ether oxygens (including phenoxy) is 1. The first-order chi connectivity index (χ1) is 14.2. The van der Waals surface area contributed by atoms with Gasteiger partial charge in [0.2, 0.25) is 0 Å². The molecule has 4 atom stereocenters. The zero-order valence-electron chi connectivity index (χ0n) is 19.3. The van der Waals surface area contributed by atoms with Crippen LogP contribution in [0.25, 0.3) is 0 Å². The molecule has 1 rings (SSSR count). The lowest BCUT2D eigenvalue weighted by Crippen LogP contribution is -2.32. The van der Waals surface area contributed by atoms with E-state index < -0.39 is 12.1 Å². The van der Waals surface area contributed by atoms with Crippen LogP contribution in [0, 0.1) is 17.3 Å². The number of ketones is 1. The number of carboxylic acid groups (broad SMARTS) is 1. The van der Waals surface area contributed by atoms with Crippen molar-refractivity contribution in [2.75, 3.05) is 13.2 Å². The summed E-state index contributed by atoms with van der Waals surface area (Å²) in [6.45, 7) is 6.56. The van der Waals surface area contributed by atoms with Crippen LogP contribution in [0.1, 0.15) is 97.8 Å². The molecule has 0 radical (unpaired) electrons. The third kappa shape index (κ3) is 9.44. The maximum Gasteiger partial charge on any atom is 0.303 e. The molecule has 1 aliphatic carbocycles. The van der Waals surface area contributed by atoms with Crippen LogP contribution < -0.4 is 0 Å². The van der Waals surface area contributed by atoms with Gasteiger partial charge in [0.1, 0.15) is 5.78 Å². The van der Waals surface area contributed by atoms with Crippen molar-refractivity contribution in [3.05, 3.63) is 0 Å². The predicted molar refractivity (Wildman–Crippen MR) is 117 cm³/mol. The summed E-state index contributed by atoms with van der Waals surface area (Å²) in [6.07, 6.45) is 8.79. The van der Waals surface area contributed by atoms with Crippen molar-refractivity contribution in [3.8, 4) is 0 Å². The smallest absolute Gasteiger partial charge is 0.303 e. The number of carboxylic acids is 1. The minimum Gasteiger partial charge on any atom is -0.481 e. The molecule has 3 N–H and O–H groups in total. The highest BCUT2D eigenvalue weighted by atomic mass is 16.5. The Morgan fingerprint density at radius 1 is 1.17 bits per heavy atom. The van der Waals surface area contributed by atoms with Crippen molar-refractivity contribution in [2.24, 2.45) is 17.3 Å². The zero-order valence-corrected chi connectivity index (χ0v) is 19.3. The standard InChI is InChI=1S/C24H44O6/c1-4-5-14-24(2,3)22(27)13-12-19-18(10-8-6-7-9-11-23(28)29)20(26)17-21(19)30-16-15-25/h18-19,21-22,25,27H,4-17H2,1-3H3,(H,28,29)/t18-,19-,21-,22?/m1/s1. The highest BCUT2D eigenvalue weighted by molar-refractivity contribution is 5.84. The van der Waals surface area contributed by atoms with Gasteiger partial charge >= 0.3 is 5.97 Å². The molecule has 0 bridgehead atoms. The summed E-state index contributed by atoms with van der Waals surface area (Å²) in [6, 6.07) is 0. The molecular formula is C24H44O6. The molecule has 1 fully saturated rings. The highest BCUT2D eigenvalue weighted by Gasteiger charge is 2.42. The SMILES string of the molecule is CCCCC(C)(C)C(O)CC[C@H]1[C@H](OCCO)CC(=O)[C@@H]1CCCCCCC(=O)O. The van der Waals surface area contributed by atoms with Gasteiger partial charge in [0.05, 0.1) is 25.4 Å². The monoisotopic (exact) mass is 428 g/mol. The minimum absolute atomic E-state index is 0.0564. The average molecular weight is 429 g/mol. The normalized spacial score (nSPS) is 23.1. The molecule has 1 saturated carbocycles. The summed E-state index contributed by atoms with van der Waals surface area (Å²) < 4.78 is 5.80. The van der Waals surface area contributed by atoms with Crippen molar-refractivity contribution in [3.63, 3.8) is 0 Å². The fraction of sp³-hybridized carbons (Fsp3) is 0.917. The molecule has 0 spiro atoms. The lowest BCUT2D eigenvalue weighted by atomic mass is 9.77. The fourth-order valence-corrected chi connectivity index (χ4v) is 4.68. The number of aliphatic hydroxyl groups excluding tert-OH is 2. The third-order valence-electron chi connectivity index (χ3n) is 6.74. The number of carbonyl (C=O) groups excluding carboxylic acids is 1. The number of rotatable bonds is 17. The van der Waals surface area contributed by atoms with Crippen LogP contribution in [-0.2, 0) is 14.3 Å². The summed E-state index contributed by atoms with van der Waals surface area (Å²) >= 11 is 0. The maximum absolute atomic E-state index is 12.7. The van der Waals surface area contributed by atoms with Crippen molar-refractivity contribution in [2.45, 2.75) is 110 Å². The van der Waals surface area contributed by atoms with E-state index in [4.69, 9.17) is 14.9 Å². The molecule has 0 aromatic carbocycles. The van der Waals surface area contributed by atoms with Gasteiger partial charge in [-0.2, -0.15) is 0 Å². The Balaban J connectivity index is 2.61. The summed E-state index contributed by atoms with van der Waals surface area (Å²) in [7, 11) is 0. The Labute approximate surface area is 182 Å². The molecule has 1 aliphatic rings. The first-order valence-electron chi connectivity index (χ1n) is 11.9. The quantitative estimate of drug-likeness (QED) is 0.298. The molecule has 0 heterocycles. The molecule has 176 valence electrons. The molecule has 0 amide bonds. The molecule has 0 saturated heterocycles. The van der Waals surface area contributed by atoms with Gasteiger partial charge < -0.3 is 20.1 Å². The molecule has 0 aromatic heterocycles. The van der Waals surface area contributed by atoms with Crippen LogP contribution in [0.3, 0.4) is 0 Å². The van der Waals surface area contributed by atoms with Crippen molar-refractivity contribution >= 4 is 11.8 Å². The van der Waals surface area contributed by atoms with Gasteiger partial charge in [-0.05, 0) is 43.4 Å². The molecule has 0 aliphatic heterocycles. The zero-order chi connectivity index (χ0) is 22.6. The van der Waals surface area contributed by atoms with E-state index in [0.29, 0.717) is 19.3 Å².